The van der Waals surface area contributed by atoms with Gasteiger partial charge in [-0.3, -0.25) is 19.8 Å². The van der Waals surface area contributed by atoms with Crippen LogP contribution >= 0.6 is 34.7 Å². The molecule has 3 aromatic heterocycles. The van der Waals surface area contributed by atoms with Crippen LogP contribution in [0.2, 0.25) is 4.34 Å². The number of halogens is 1. The van der Waals surface area contributed by atoms with Crippen LogP contribution in [0.4, 0.5) is 14.7 Å². The number of carbonyl (C=O) groups is 6. The Labute approximate surface area is 425 Å². The summed E-state index contributed by atoms with van der Waals surface area (Å²) in [7, 11) is 8.39. The number of nitrogens with one attached hydrogen (secondary N) is 2. The van der Waals surface area contributed by atoms with Gasteiger partial charge in [-0.2, -0.15) is 4.57 Å². The van der Waals surface area contributed by atoms with Gasteiger partial charge in [-0.05, 0) is 71.7 Å². The van der Waals surface area contributed by atoms with E-state index in [-0.39, 0.29) is 39.8 Å². The minimum absolute atomic E-state index is 0.0320. The molecule has 0 aliphatic carbocycles. The predicted molar refractivity (Wildman–Crippen MR) is 266 cm³/mol. The Morgan fingerprint density at radius 3 is 2.39 bits per heavy atom. The largest absolute Gasteiger partial charge is 0.541 e. The number of oxime groups is 1. The first-order valence-electron chi connectivity index (χ1n) is 22.5. The van der Waals surface area contributed by atoms with Crippen molar-refractivity contribution in [1.29, 1.82) is 0 Å². The van der Waals surface area contributed by atoms with Crippen molar-refractivity contribution >= 4 is 101 Å². The summed E-state index contributed by atoms with van der Waals surface area (Å²) in [4.78, 5) is 93.3. The Morgan fingerprint density at radius 2 is 1.75 bits per heavy atom. The summed E-state index contributed by atoms with van der Waals surface area (Å²) in [6.45, 7) is 14.9. The lowest BCUT2D eigenvalue weighted by atomic mass is 10.0. The molecule has 0 spiro atoms. The number of hydrogen-bond acceptors (Lipinski definition) is 16. The number of methoxy groups -OCH3 is 1. The number of thioether (sulfide) groups is 1. The normalized spacial score (nSPS) is 16.4. The SMILES string of the molecule is [B]OC(=O)[C@@H](ON=C(C(=O)NC1C(=O)N2C(C(=O)OCc3ccc(OC)cc3)=C(C[n+]3cccc4c3ccn4CCCN(C)C(=O)OC(C)(C)C)CSC12)c1nc(NC(=O)OC(C)(C)C)sc1Cl)C(C)C. The maximum absolute atomic E-state index is 14.4. The van der Waals surface area contributed by atoms with E-state index in [9.17, 15) is 28.8 Å². The zero-order valence-electron chi connectivity index (χ0n) is 41.1. The molecule has 2 N–H and O–H groups in total. The Morgan fingerprint density at radius 1 is 1.04 bits per heavy atom. The third-order valence-corrected chi connectivity index (χ3v) is 13.2. The molecule has 5 heterocycles. The van der Waals surface area contributed by atoms with Crippen LogP contribution in [0.25, 0.3) is 11.0 Å². The first-order valence-corrected chi connectivity index (χ1v) is 24.7. The lowest BCUT2D eigenvalue weighted by Crippen LogP contribution is -2.71. The van der Waals surface area contributed by atoms with E-state index in [4.69, 9.17) is 43.4 Å². The van der Waals surface area contributed by atoms with Gasteiger partial charge in [0, 0.05) is 55.7 Å². The fourth-order valence-electron chi connectivity index (χ4n) is 7.30. The number of esters is 1. The number of benzene rings is 1. The number of hydrogen-bond donors (Lipinski definition) is 2. The lowest BCUT2D eigenvalue weighted by molar-refractivity contribution is -0.663. The molecule has 71 heavy (non-hydrogen) atoms. The van der Waals surface area contributed by atoms with Crippen LogP contribution in [0.15, 0.2) is 71.3 Å². The summed E-state index contributed by atoms with van der Waals surface area (Å²) >= 11 is 8.70. The third kappa shape index (κ3) is 13.6. The molecule has 4 aromatic rings. The van der Waals surface area contributed by atoms with Gasteiger partial charge in [0.2, 0.25) is 11.6 Å². The topological polar surface area (TPSA) is 222 Å². The Hall–Kier alpha value is -6.33. The van der Waals surface area contributed by atoms with Gasteiger partial charge in [-0.25, -0.2) is 24.2 Å². The van der Waals surface area contributed by atoms with Crippen LogP contribution in [0.5, 0.6) is 5.75 Å². The number of β-lactam (4-membered cyclic amide) rings is 1. The summed E-state index contributed by atoms with van der Waals surface area (Å²) in [5, 5.41) is 8.32. The van der Waals surface area contributed by atoms with Gasteiger partial charge in [0.25, 0.3) is 11.8 Å². The molecule has 2 aliphatic heterocycles. The number of aromatic nitrogens is 3. The van der Waals surface area contributed by atoms with Crippen LogP contribution in [0.3, 0.4) is 0 Å². The molecule has 6 rings (SSSR count). The first-order chi connectivity index (χ1) is 33.5. The predicted octanol–water partition coefficient (Wildman–Crippen LogP) is 6.12. The maximum Gasteiger partial charge on any atom is 0.413 e. The first kappa shape index (κ1) is 54.0. The highest BCUT2D eigenvalue weighted by molar-refractivity contribution is 8.00. The Kier molecular flexibility index (Phi) is 17.4. The van der Waals surface area contributed by atoms with Crippen LogP contribution < -0.4 is 19.9 Å². The van der Waals surface area contributed by atoms with Crippen molar-refractivity contribution in [2.24, 2.45) is 11.1 Å². The minimum Gasteiger partial charge on any atom is -0.541 e. The second kappa shape index (κ2) is 22.8. The fraction of sp³-hybridized carbons (Fsp3) is 0.468. The van der Waals surface area contributed by atoms with E-state index >= 15 is 0 Å². The number of amides is 4. The quantitative estimate of drug-likeness (QED) is 0.0218. The molecule has 2 radical (unpaired) electrons. The van der Waals surface area contributed by atoms with E-state index in [1.54, 1.807) is 77.9 Å². The highest BCUT2D eigenvalue weighted by atomic mass is 35.5. The number of carbonyl (C=O) groups excluding carboxylic acids is 6. The van der Waals surface area contributed by atoms with E-state index < -0.39 is 76.3 Å². The molecule has 2 aliphatic rings. The number of nitrogens with zero attached hydrogens (tertiary/aromatic N) is 6. The summed E-state index contributed by atoms with van der Waals surface area (Å²) in [6, 6.07) is 11.6. The zero-order valence-corrected chi connectivity index (χ0v) is 43.5. The number of aryl methyl sites for hydroxylation is 1. The number of anilines is 1. The summed E-state index contributed by atoms with van der Waals surface area (Å²) in [6.07, 6.45) is 1.88. The molecule has 1 aromatic carbocycles. The second-order valence-corrected chi connectivity index (χ2v) is 21.5. The molecule has 1 fully saturated rings. The van der Waals surface area contributed by atoms with Crippen molar-refractivity contribution in [3.8, 4) is 5.75 Å². The maximum atomic E-state index is 14.4. The van der Waals surface area contributed by atoms with Gasteiger partial charge >= 0.3 is 32.2 Å². The van der Waals surface area contributed by atoms with Crippen molar-refractivity contribution in [3.63, 3.8) is 0 Å². The molecule has 3 atom stereocenters. The van der Waals surface area contributed by atoms with Crippen LogP contribution in [-0.4, -0.2) is 124 Å². The smallest absolute Gasteiger partial charge is 0.413 e. The van der Waals surface area contributed by atoms with E-state index in [0.717, 1.165) is 22.4 Å². The summed E-state index contributed by atoms with van der Waals surface area (Å²) < 4.78 is 30.3. The Balaban J connectivity index is 1.27. The molecular weight excluding hydrogens is 979 g/mol. The minimum atomic E-state index is -1.37. The van der Waals surface area contributed by atoms with Crippen molar-refractivity contribution in [2.45, 2.75) is 110 Å². The fourth-order valence-corrected chi connectivity index (χ4v) is 9.67. The van der Waals surface area contributed by atoms with Crippen molar-refractivity contribution in [2.75, 3.05) is 31.8 Å². The second-order valence-electron chi connectivity index (χ2n) is 18.8. The van der Waals surface area contributed by atoms with Crippen molar-refractivity contribution in [3.05, 3.63) is 81.7 Å². The van der Waals surface area contributed by atoms with Gasteiger partial charge in [-0.15, -0.1) is 11.8 Å². The van der Waals surface area contributed by atoms with E-state index in [1.807, 2.05) is 55.9 Å². The molecule has 4 amide bonds. The summed E-state index contributed by atoms with van der Waals surface area (Å²) in [5.41, 5.74) is 0.829. The number of ether oxygens (including phenoxy) is 4. The Bertz CT molecular complexity index is 2710. The van der Waals surface area contributed by atoms with Crippen LogP contribution in [0.1, 0.15) is 73.1 Å². The number of fused-ring (bicyclic) bond motifs is 2. The lowest BCUT2D eigenvalue weighted by Gasteiger charge is -2.49. The van der Waals surface area contributed by atoms with Crippen molar-refractivity contribution < 1.29 is 61.8 Å². The van der Waals surface area contributed by atoms with Gasteiger partial charge in [0.15, 0.2) is 23.6 Å². The van der Waals surface area contributed by atoms with Gasteiger partial charge < -0.3 is 43.2 Å². The summed E-state index contributed by atoms with van der Waals surface area (Å²) in [5.74, 6) is -2.99. The molecular formula is C47H57BClN8O12S2+. The van der Waals surface area contributed by atoms with E-state index in [1.165, 1.54) is 16.7 Å². The number of pyridine rings is 1. The average molecular weight is 1040 g/mol. The molecule has 24 heteroatoms. The molecule has 0 bridgehead atoms. The van der Waals surface area contributed by atoms with Crippen LogP contribution in [-0.2, 0) is 62.6 Å². The van der Waals surface area contributed by atoms with E-state index in [0.29, 0.717) is 36.4 Å². The standard InChI is InChI=1S/C47H56BClN8O12S2/c1-26(2)36(42(61)68-48)69-53-33(32-37(49)71-43(51-32)52-44(62)66-46(3,4)5)38(58)50-34-39(59)57-35(41(60)65-24-27-14-16-29(64-10)17-15-27)28(25-70-40(34)57)23-56-20-11-13-30-31(56)18-22-55(30)21-12-19-54(9)45(63)67-47(6,7)8/h11,13-18,20,22,26,34,36,40H,12,19,21,23-25H2,1-10H3,(H-,50,51,52,58,62)/p+1/t34?,36-,40?/m0/s1. The molecule has 378 valence electrons. The molecule has 0 saturated carbocycles. The zero-order chi connectivity index (χ0) is 51.9. The molecule has 1 saturated heterocycles. The molecule has 2 unspecified atom stereocenters. The van der Waals surface area contributed by atoms with Gasteiger partial charge in [-0.1, -0.05) is 54.1 Å². The van der Waals surface area contributed by atoms with Gasteiger partial charge in [0.05, 0.1) is 7.11 Å². The number of thiazole rings is 1. The van der Waals surface area contributed by atoms with Gasteiger partial charge in [0.1, 0.15) is 56.2 Å². The number of rotatable bonds is 18. The van der Waals surface area contributed by atoms with Crippen molar-refractivity contribution in [1.82, 2.24) is 24.7 Å². The third-order valence-electron chi connectivity index (χ3n) is 10.7. The van der Waals surface area contributed by atoms with Crippen LogP contribution in [0, 0.1) is 5.92 Å². The monoisotopic (exact) mass is 1040 g/mol. The van der Waals surface area contributed by atoms with E-state index in [2.05, 4.69) is 30.0 Å². The highest BCUT2D eigenvalue weighted by Gasteiger charge is 2.55. The average Bonchev–Trinajstić information content (AvgIpc) is 3.89. The highest BCUT2D eigenvalue weighted by Crippen LogP contribution is 2.41. The molecule has 20 nitrogen and oxygen atoms in total.